The molecule has 1 aromatic rings. The first kappa shape index (κ1) is 16.5. The van der Waals surface area contributed by atoms with Gasteiger partial charge >= 0.3 is 5.97 Å². The summed E-state index contributed by atoms with van der Waals surface area (Å²) in [4.78, 5) is 12.9. The van der Waals surface area contributed by atoms with Crippen LogP contribution >= 0.6 is 0 Å². The minimum absolute atomic E-state index is 0.212. The SMILES string of the molecule is CCCCN(CCCOc1ccccc1)CCC(=O)O. The molecule has 0 saturated carbocycles. The number of rotatable bonds is 11. The average molecular weight is 279 g/mol. The highest BCUT2D eigenvalue weighted by molar-refractivity contribution is 5.66. The number of carbonyl (C=O) groups is 1. The third-order valence-corrected chi connectivity index (χ3v) is 3.10. The molecule has 0 saturated heterocycles. The number of hydrogen-bond donors (Lipinski definition) is 1. The monoisotopic (exact) mass is 279 g/mol. The number of carboxylic acid groups (broad SMARTS) is 1. The first-order valence-corrected chi connectivity index (χ1v) is 7.34. The van der Waals surface area contributed by atoms with Crippen LogP contribution in [0.25, 0.3) is 0 Å². The molecule has 4 nitrogen and oxygen atoms in total. The summed E-state index contributed by atoms with van der Waals surface area (Å²) < 4.78 is 5.64. The normalized spacial score (nSPS) is 10.7. The van der Waals surface area contributed by atoms with Crippen LogP contribution in [0.4, 0.5) is 0 Å². The highest BCUT2D eigenvalue weighted by atomic mass is 16.5. The van der Waals surface area contributed by atoms with Crippen molar-refractivity contribution in [2.24, 2.45) is 0 Å². The number of hydrogen-bond acceptors (Lipinski definition) is 3. The Morgan fingerprint density at radius 1 is 1.15 bits per heavy atom. The van der Waals surface area contributed by atoms with Gasteiger partial charge in [-0.2, -0.15) is 0 Å². The minimum Gasteiger partial charge on any atom is -0.494 e. The van der Waals surface area contributed by atoms with Crippen LogP contribution in [0.1, 0.15) is 32.6 Å². The lowest BCUT2D eigenvalue weighted by molar-refractivity contribution is -0.137. The summed E-state index contributed by atoms with van der Waals surface area (Å²) in [7, 11) is 0. The first-order chi connectivity index (χ1) is 9.72. The Morgan fingerprint density at radius 3 is 2.50 bits per heavy atom. The predicted octanol–water partition coefficient (Wildman–Crippen LogP) is 3.03. The van der Waals surface area contributed by atoms with Crippen molar-refractivity contribution in [3.8, 4) is 5.75 Å². The van der Waals surface area contributed by atoms with Gasteiger partial charge in [-0.1, -0.05) is 31.5 Å². The number of aliphatic carboxylic acids is 1. The number of ether oxygens (including phenoxy) is 1. The van der Waals surface area contributed by atoms with E-state index in [1.807, 2.05) is 30.3 Å². The summed E-state index contributed by atoms with van der Waals surface area (Å²) in [6.07, 6.45) is 3.37. The molecule has 0 aliphatic carbocycles. The third kappa shape index (κ3) is 7.79. The Kier molecular flexibility index (Phi) is 8.47. The minimum atomic E-state index is -0.730. The van der Waals surface area contributed by atoms with E-state index in [4.69, 9.17) is 9.84 Å². The molecule has 0 amide bonds. The lowest BCUT2D eigenvalue weighted by Crippen LogP contribution is -2.29. The van der Waals surface area contributed by atoms with Gasteiger partial charge in [0.15, 0.2) is 0 Å². The molecule has 1 N–H and O–H groups in total. The summed E-state index contributed by atoms with van der Waals surface area (Å²) in [5.74, 6) is 0.158. The van der Waals surface area contributed by atoms with Crippen LogP contribution in [0, 0.1) is 0 Å². The number of benzene rings is 1. The van der Waals surface area contributed by atoms with Crippen molar-refractivity contribution in [2.45, 2.75) is 32.6 Å². The Hall–Kier alpha value is -1.55. The van der Waals surface area contributed by atoms with Crippen LogP contribution in [0.15, 0.2) is 30.3 Å². The van der Waals surface area contributed by atoms with E-state index in [1.54, 1.807) is 0 Å². The highest BCUT2D eigenvalue weighted by Crippen LogP contribution is 2.08. The van der Waals surface area contributed by atoms with Gasteiger partial charge in [-0.3, -0.25) is 4.79 Å². The smallest absolute Gasteiger partial charge is 0.304 e. The van der Waals surface area contributed by atoms with Crippen molar-refractivity contribution in [1.29, 1.82) is 0 Å². The van der Waals surface area contributed by atoms with E-state index >= 15 is 0 Å². The Balaban J connectivity index is 2.21. The van der Waals surface area contributed by atoms with E-state index in [9.17, 15) is 4.79 Å². The van der Waals surface area contributed by atoms with Crippen molar-refractivity contribution in [2.75, 3.05) is 26.2 Å². The summed E-state index contributed by atoms with van der Waals surface area (Å²) in [6, 6.07) is 9.76. The van der Waals surface area contributed by atoms with Crippen molar-refractivity contribution in [1.82, 2.24) is 4.90 Å². The van der Waals surface area contributed by atoms with E-state index in [2.05, 4.69) is 11.8 Å². The van der Waals surface area contributed by atoms with Gasteiger partial charge in [0.05, 0.1) is 13.0 Å². The summed E-state index contributed by atoms with van der Waals surface area (Å²) in [5, 5.41) is 8.76. The van der Waals surface area contributed by atoms with E-state index in [-0.39, 0.29) is 6.42 Å². The quantitative estimate of drug-likeness (QED) is 0.633. The van der Waals surface area contributed by atoms with E-state index in [0.29, 0.717) is 13.2 Å². The van der Waals surface area contributed by atoms with Crippen LogP contribution < -0.4 is 4.74 Å². The Bertz CT molecular complexity index is 367. The van der Waals surface area contributed by atoms with Gasteiger partial charge in [-0.25, -0.2) is 0 Å². The van der Waals surface area contributed by atoms with Gasteiger partial charge in [0, 0.05) is 13.1 Å². The second-order valence-corrected chi connectivity index (χ2v) is 4.85. The molecule has 0 heterocycles. The van der Waals surface area contributed by atoms with Crippen LogP contribution in [0.5, 0.6) is 5.75 Å². The largest absolute Gasteiger partial charge is 0.494 e. The number of carboxylic acids is 1. The standard InChI is InChI=1S/C16H25NO3/c1-2-3-11-17(13-10-16(18)19)12-7-14-20-15-8-5-4-6-9-15/h4-6,8-9H,2-3,7,10-14H2,1H3,(H,18,19). The lowest BCUT2D eigenvalue weighted by Gasteiger charge is -2.21. The molecule has 112 valence electrons. The second-order valence-electron chi connectivity index (χ2n) is 4.85. The van der Waals surface area contributed by atoms with E-state index in [1.165, 1.54) is 0 Å². The molecule has 1 rings (SSSR count). The van der Waals surface area contributed by atoms with Gasteiger partial charge < -0.3 is 14.7 Å². The maximum Gasteiger partial charge on any atom is 0.304 e. The Morgan fingerprint density at radius 2 is 1.85 bits per heavy atom. The first-order valence-electron chi connectivity index (χ1n) is 7.34. The van der Waals surface area contributed by atoms with Crippen molar-refractivity contribution in [3.63, 3.8) is 0 Å². The average Bonchev–Trinajstić information content (AvgIpc) is 2.46. The molecule has 0 spiro atoms. The van der Waals surface area contributed by atoms with Gasteiger partial charge in [0.2, 0.25) is 0 Å². The molecule has 0 bridgehead atoms. The van der Waals surface area contributed by atoms with Crippen molar-refractivity contribution >= 4 is 5.97 Å². The second kappa shape index (κ2) is 10.3. The summed E-state index contributed by atoms with van der Waals surface area (Å²) in [5.41, 5.74) is 0. The zero-order chi connectivity index (χ0) is 14.6. The van der Waals surface area contributed by atoms with Crippen LogP contribution in [0.2, 0.25) is 0 Å². The highest BCUT2D eigenvalue weighted by Gasteiger charge is 2.07. The van der Waals surface area contributed by atoms with Crippen LogP contribution in [-0.4, -0.2) is 42.2 Å². The number of nitrogens with zero attached hydrogens (tertiary/aromatic N) is 1. The number of unbranched alkanes of at least 4 members (excludes halogenated alkanes) is 1. The zero-order valence-electron chi connectivity index (χ0n) is 12.3. The predicted molar refractivity (Wildman–Crippen MR) is 80.2 cm³/mol. The molecule has 1 aromatic carbocycles. The molecule has 20 heavy (non-hydrogen) atoms. The van der Waals surface area contributed by atoms with Gasteiger partial charge in [-0.05, 0) is 31.5 Å². The van der Waals surface area contributed by atoms with Crippen LogP contribution in [0.3, 0.4) is 0 Å². The molecular weight excluding hydrogens is 254 g/mol. The lowest BCUT2D eigenvalue weighted by atomic mass is 10.2. The third-order valence-electron chi connectivity index (χ3n) is 3.10. The van der Waals surface area contributed by atoms with Gasteiger partial charge in [0.25, 0.3) is 0 Å². The van der Waals surface area contributed by atoms with E-state index in [0.717, 1.165) is 38.1 Å². The molecule has 0 atom stereocenters. The maximum absolute atomic E-state index is 10.6. The fourth-order valence-electron chi connectivity index (χ4n) is 1.97. The molecule has 0 aromatic heterocycles. The molecule has 0 unspecified atom stereocenters. The zero-order valence-corrected chi connectivity index (χ0v) is 12.3. The molecule has 0 fully saturated rings. The van der Waals surface area contributed by atoms with Gasteiger partial charge in [-0.15, -0.1) is 0 Å². The van der Waals surface area contributed by atoms with Gasteiger partial charge in [0.1, 0.15) is 5.75 Å². The van der Waals surface area contributed by atoms with E-state index < -0.39 is 5.97 Å². The fourth-order valence-corrected chi connectivity index (χ4v) is 1.97. The van der Waals surface area contributed by atoms with Crippen molar-refractivity contribution < 1.29 is 14.6 Å². The fraction of sp³-hybridized carbons (Fsp3) is 0.562. The molecule has 4 heteroatoms. The van der Waals surface area contributed by atoms with Crippen molar-refractivity contribution in [3.05, 3.63) is 30.3 Å². The molecular formula is C16H25NO3. The Labute approximate surface area is 121 Å². The molecule has 0 radical (unpaired) electrons. The molecule has 0 aliphatic heterocycles. The van der Waals surface area contributed by atoms with Crippen LogP contribution in [-0.2, 0) is 4.79 Å². The number of para-hydroxylation sites is 1. The summed E-state index contributed by atoms with van der Waals surface area (Å²) >= 11 is 0. The summed E-state index contributed by atoms with van der Waals surface area (Å²) in [6.45, 7) is 5.30. The molecule has 0 aliphatic rings. The maximum atomic E-state index is 10.6. The topological polar surface area (TPSA) is 49.8 Å².